The molecule has 4 aliphatic carbocycles. The van der Waals surface area contributed by atoms with Crippen LogP contribution in [-0.4, -0.2) is 28.1 Å². The lowest BCUT2D eigenvalue weighted by Gasteiger charge is -2.59. The monoisotopic (exact) mass is 388 g/mol. The first-order chi connectivity index (χ1) is 13.2. The molecule has 4 heteroatoms. The molecule has 0 aliphatic heterocycles. The molecule has 0 amide bonds. The average Bonchev–Trinajstić information content (AvgIpc) is 2.98. The van der Waals surface area contributed by atoms with Crippen LogP contribution in [0.25, 0.3) is 0 Å². The number of aliphatic hydroxyl groups is 1. The molecule has 3 fully saturated rings. The summed E-state index contributed by atoms with van der Waals surface area (Å²) in [4.78, 5) is 23.1. The topological polar surface area (TPSA) is 74.6 Å². The number of rotatable bonds is 4. The van der Waals surface area contributed by atoms with E-state index in [0.717, 1.165) is 32.1 Å². The quantitative estimate of drug-likeness (QED) is 0.690. The lowest BCUT2D eigenvalue weighted by Crippen LogP contribution is -2.54. The highest BCUT2D eigenvalue weighted by molar-refractivity contribution is 5.82. The highest BCUT2D eigenvalue weighted by Gasteiger charge is 2.61. The molecule has 28 heavy (non-hydrogen) atoms. The van der Waals surface area contributed by atoms with E-state index in [1.54, 1.807) is 0 Å². The Labute approximate surface area is 168 Å². The van der Waals surface area contributed by atoms with Gasteiger partial charge in [0.05, 0.1) is 6.10 Å². The van der Waals surface area contributed by atoms with E-state index in [1.165, 1.54) is 12.0 Å². The summed E-state index contributed by atoms with van der Waals surface area (Å²) >= 11 is 0. The van der Waals surface area contributed by atoms with Gasteiger partial charge in [0.25, 0.3) is 0 Å². The number of carboxylic acid groups (broad SMARTS) is 1. The van der Waals surface area contributed by atoms with E-state index in [0.29, 0.717) is 42.3 Å². The van der Waals surface area contributed by atoms with E-state index in [4.69, 9.17) is 5.11 Å². The maximum Gasteiger partial charge on any atom is 0.303 e. The van der Waals surface area contributed by atoms with Crippen LogP contribution < -0.4 is 0 Å². The minimum absolute atomic E-state index is 0.0755. The zero-order chi connectivity index (χ0) is 20.3. The predicted molar refractivity (Wildman–Crippen MR) is 108 cm³/mol. The van der Waals surface area contributed by atoms with Crippen molar-refractivity contribution < 1.29 is 19.8 Å². The molecule has 2 N–H and O–H groups in total. The fraction of sp³-hybridized carbons (Fsp3) is 0.833. The normalized spacial score (nSPS) is 46.2. The Kier molecular flexibility index (Phi) is 5.01. The molecule has 3 saturated carbocycles. The number of carbonyl (C=O) groups is 2. The van der Waals surface area contributed by atoms with Gasteiger partial charge in [-0.05, 0) is 78.9 Å². The number of Topliss-reactive ketones (excluding diaryl/α,β-unsaturated/α-hetero) is 1. The van der Waals surface area contributed by atoms with Crippen molar-refractivity contribution in [1.29, 1.82) is 0 Å². The molecule has 4 rings (SSSR count). The second-order valence-electron chi connectivity index (χ2n) is 10.7. The maximum atomic E-state index is 12.0. The van der Waals surface area contributed by atoms with E-state index < -0.39 is 12.1 Å². The number of hydrogen-bond donors (Lipinski definition) is 2. The van der Waals surface area contributed by atoms with Gasteiger partial charge >= 0.3 is 5.97 Å². The third-order valence-corrected chi connectivity index (χ3v) is 9.54. The summed E-state index contributed by atoms with van der Waals surface area (Å²) in [5.74, 6) is 1.86. The molecule has 5 unspecified atom stereocenters. The lowest BCUT2D eigenvalue weighted by molar-refractivity contribution is -0.137. The van der Waals surface area contributed by atoms with Crippen LogP contribution in [0.3, 0.4) is 0 Å². The standard InChI is InChI=1S/C24H36O4/c1-14(4-7-21(27)28)17-5-6-18-22-19(9-11-24(17,18)3)23(2)10-8-16(25)12-15(23)13-20(22)26/h13-14,17-20,22,26H,4-12H2,1-3H3,(H,27,28)/t14-,17?,18?,19?,20?,22?,23+,24-/m1/s1. The second-order valence-corrected chi connectivity index (χ2v) is 10.7. The van der Waals surface area contributed by atoms with Gasteiger partial charge in [0.2, 0.25) is 0 Å². The molecule has 156 valence electrons. The van der Waals surface area contributed by atoms with E-state index >= 15 is 0 Å². The van der Waals surface area contributed by atoms with Crippen LogP contribution in [0.15, 0.2) is 11.6 Å². The van der Waals surface area contributed by atoms with Crippen molar-refractivity contribution in [3.8, 4) is 0 Å². The number of allylic oxidation sites excluding steroid dienone is 1. The zero-order valence-corrected chi connectivity index (χ0v) is 17.6. The Morgan fingerprint density at radius 3 is 2.68 bits per heavy atom. The van der Waals surface area contributed by atoms with Crippen LogP contribution in [0.2, 0.25) is 0 Å². The molecule has 0 saturated heterocycles. The zero-order valence-electron chi connectivity index (χ0n) is 17.6. The van der Waals surface area contributed by atoms with Crippen molar-refractivity contribution in [2.45, 2.75) is 84.7 Å². The van der Waals surface area contributed by atoms with Gasteiger partial charge in [0.1, 0.15) is 5.78 Å². The third-order valence-electron chi connectivity index (χ3n) is 9.54. The summed E-state index contributed by atoms with van der Waals surface area (Å²) < 4.78 is 0. The molecule has 0 bridgehead atoms. The predicted octanol–water partition coefficient (Wildman–Crippen LogP) is 4.61. The van der Waals surface area contributed by atoms with Crippen LogP contribution >= 0.6 is 0 Å². The Morgan fingerprint density at radius 1 is 1.21 bits per heavy atom. The fourth-order valence-corrected chi connectivity index (χ4v) is 7.99. The van der Waals surface area contributed by atoms with Gasteiger partial charge in [-0.1, -0.05) is 32.4 Å². The van der Waals surface area contributed by atoms with Gasteiger partial charge in [-0.25, -0.2) is 0 Å². The Hall–Kier alpha value is -1.16. The van der Waals surface area contributed by atoms with Crippen molar-refractivity contribution in [2.75, 3.05) is 0 Å². The van der Waals surface area contributed by atoms with Crippen LogP contribution in [0.1, 0.15) is 78.6 Å². The van der Waals surface area contributed by atoms with Crippen LogP contribution in [0.5, 0.6) is 0 Å². The summed E-state index contributed by atoms with van der Waals surface area (Å²) in [6.07, 6.45) is 9.38. The number of fused-ring (bicyclic) bond motifs is 5. The van der Waals surface area contributed by atoms with Crippen molar-refractivity contribution in [3.05, 3.63) is 11.6 Å². The summed E-state index contributed by atoms with van der Waals surface area (Å²) in [5, 5.41) is 20.2. The van der Waals surface area contributed by atoms with Crippen LogP contribution in [-0.2, 0) is 9.59 Å². The van der Waals surface area contributed by atoms with E-state index in [9.17, 15) is 14.7 Å². The first kappa shape index (κ1) is 20.1. The molecule has 0 heterocycles. The van der Waals surface area contributed by atoms with Gasteiger partial charge in [0, 0.05) is 19.3 Å². The number of ketones is 1. The molecule has 0 radical (unpaired) electrons. The highest BCUT2D eigenvalue weighted by Crippen LogP contribution is 2.67. The van der Waals surface area contributed by atoms with E-state index in [-0.39, 0.29) is 23.2 Å². The van der Waals surface area contributed by atoms with E-state index in [1.807, 2.05) is 6.08 Å². The lowest BCUT2D eigenvalue weighted by atomic mass is 9.46. The highest BCUT2D eigenvalue weighted by atomic mass is 16.4. The number of aliphatic hydroxyl groups excluding tert-OH is 1. The minimum atomic E-state index is -0.699. The minimum Gasteiger partial charge on any atom is -0.481 e. The molecule has 0 aromatic heterocycles. The molecular weight excluding hydrogens is 352 g/mol. The average molecular weight is 389 g/mol. The van der Waals surface area contributed by atoms with Gasteiger partial charge in [-0.15, -0.1) is 0 Å². The Balaban J connectivity index is 1.60. The smallest absolute Gasteiger partial charge is 0.303 e. The van der Waals surface area contributed by atoms with Gasteiger partial charge in [-0.3, -0.25) is 9.59 Å². The SMILES string of the molecule is C[C@H](CCC(=O)O)C1CCC2C3C(O)C=C4CC(=O)CC[C@]4(C)C3CC[C@@]21C. The number of aliphatic carboxylic acids is 1. The Bertz CT molecular complexity index is 697. The second kappa shape index (κ2) is 6.97. The van der Waals surface area contributed by atoms with E-state index in [2.05, 4.69) is 20.8 Å². The number of carbonyl (C=O) groups excluding carboxylic acids is 1. The molecular formula is C24H36O4. The summed E-state index contributed by atoms with van der Waals surface area (Å²) in [6, 6.07) is 0. The molecule has 0 spiro atoms. The number of carboxylic acids is 1. The first-order valence-corrected chi connectivity index (χ1v) is 11.3. The molecule has 4 aliphatic rings. The van der Waals surface area contributed by atoms with Gasteiger partial charge in [-0.2, -0.15) is 0 Å². The van der Waals surface area contributed by atoms with Crippen molar-refractivity contribution >= 4 is 11.8 Å². The third kappa shape index (κ3) is 2.98. The van der Waals surface area contributed by atoms with Crippen LogP contribution in [0, 0.1) is 40.4 Å². The molecule has 8 atom stereocenters. The summed E-state index contributed by atoms with van der Waals surface area (Å²) in [6.45, 7) is 7.00. The summed E-state index contributed by atoms with van der Waals surface area (Å²) in [5.41, 5.74) is 1.48. The van der Waals surface area contributed by atoms with Gasteiger partial charge in [0.15, 0.2) is 0 Å². The van der Waals surface area contributed by atoms with Crippen molar-refractivity contribution in [1.82, 2.24) is 0 Å². The molecule has 0 aromatic carbocycles. The van der Waals surface area contributed by atoms with Crippen molar-refractivity contribution in [3.63, 3.8) is 0 Å². The Morgan fingerprint density at radius 2 is 1.96 bits per heavy atom. The van der Waals surface area contributed by atoms with Gasteiger partial charge < -0.3 is 10.2 Å². The van der Waals surface area contributed by atoms with Crippen LogP contribution in [0.4, 0.5) is 0 Å². The molecule has 4 nitrogen and oxygen atoms in total. The summed E-state index contributed by atoms with van der Waals surface area (Å²) in [7, 11) is 0. The van der Waals surface area contributed by atoms with Crippen molar-refractivity contribution in [2.24, 2.45) is 40.4 Å². The first-order valence-electron chi connectivity index (χ1n) is 11.3. The molecule has 0 aromatic rings. The number of hydrogen-bond acceptors (Lipinski definition) is 3. The fourth-order valence-electron chi connectivity index (χ4n) is 7.99. The maximum absolute atomic E-state index is 12.0. The largest absolute Gasteiger partial charge is 0.481 e.